The van der Waals surface area contributed by atoms with Crippen LogP contribution in [0.3, 0.4) is 0 Å². The van der Waals surface area contributed by atoms with Crippen LogP contribution in [0.15, 0.2) is 218 Å². The van der Waals surface area contributed by atoms with Crippen molar-refractivity contribution in [1.82, 2.24) is 0 Å². The van der Waals surface area contributed by atoms with Gasteiger partial charge in [-0.05, 0) is 101 Å². The molecule has 13 rings (SSSR count). The van der Waals surface area contributed by atoms with Crippen LogP contribution in [0.2, 0.25) is 0 Å². The number of fused-ring (bicyclic) bond motifs is 16. The molecule has 3 aliphatic rings. The van der Waals surface area contributed by atoms with Gasteiger partial charge in [0.05, 0.1) is 10.8 Å². The van der Waals surface area contributed by atoms with Crippen molar-refractivity contribution >= 4 is 21.5 Å². The highest BCUT2D eigenvalue weighted by molar-refractivity contribution is 6.05. The molecule has 1 heterocycles. The van der Waals surface area contributed by atoms with Crippen LogP contribution in [-0.4, -0.2) is 0 Å². The van der Waals surface area contributed by atoms with Gasteiger partial charge in [-0.2, -0.15) is 0 Å². The van der Waals surface area contributed by atoms with Crippen LogP contribution in [-0.2, 0) is 10.8 Å². The van der Waals surface area contributed by atoms with Crippen LogP contribution < -0.4 is 4.74 Å². The summed E-state index contributed by atoms with van der Waals surface area (Å²) in [6.07, 6.45) is 0. The van der Waals surface area contributed by atoms with Crippen molar-refractivity contribution in [2.45, 2.75) is 10.8 Å². The van der Waals surface area contributed by atoms with Crippen LogP contribution in [0.25, 0.3) is 54.9 Å². The molecule has 0 aromatic heterocycles. The number of hydrogen-bond acceptors (Lipinski definition) is 1. The summed E-state index contributed by atoms with van der Waals surface area (Å²) in [5, 5.41) is 4.82. The van der Waals surface area contributed by atoms with Gasteiger partial charge in [-0.15, -0.1) is 0 Å². The maximum Gasteiger partial charge on any atom is 0.140 e. The van der Waals surface area contributed by atoms with E-state index in [0.29, 0.717) is 0 Å². The summed E-state index contributed by atoms with van der Waals surface area (Å²) < 4.78 is 7.10. The Morgan fingerprint density at radius 3 is 1.61 bits per heavy atom. The van der Waals surface area contributed by atoms with E-state index in [-0.39, 0.29) is 0 Å². The zero-order valence-corrected chi connectivity index (χ0v) is 32.2. The predicted molar refractivity (Wildman–Crippen MR) is 242 cm³/mol. The van der Waals surface area contributed by atoms with Crippen LogP contribution in [0.5, 0.6) is 11.5 Å². The molecule has 10 aromatic carbocycles. The van der Waals surface area contributed by atoms with E-state index in [1.165, 1.54) is 94.0 Å². The number of para-hydroxylation sites is 1. The highest BCUT2D eigenvalue weighted by atomic mass is 16.5. The molecule has 1 aliphatic heterocycles. The largest absolute Gasteiger partial charge is 0.456 e. The zero-order valence-electron chi connectivity index (χ0n) is 32.2. The molecule has 59 heavy (non-hydrogen) atoms. The lowest BCUT2D eigenvalue weighted by atomic mass is 9.65. The van der Waals surface area contributed by atoms with Gasteiger partial charge in [0.2, 0.25) is 0 Å². The summed E-state index contributed by atoms with van der Waals surface area (Å²) in [7, 11) is 0. The Kier molecular flexibility index (Phi) is 6.64. The van der Waals surface area contributed by atoms with Gasteiger partial charge in [0.1, 0.15) is 11.5 Å². The normalized spacial score (nSPS) is 16.1. The molecule has 1 atom stereocenters. The molecule has 274 valence electrons. The zero-order chi connectivity index (χ0) is 38.7. The Hall–Kier alpha value is -7.48. The Bertz CT molecular complexity index is 3330. The molecule has 2 aliphatic carbocycles. The van der Waals surface area contributed by atoms with Gasteiger partial charge in [-0.25, -0.2) is 0 Å². The first-order chi connectivity index (χ1) is 29.3. The molecular weight excluding hydrogens is 713 g/mol. The minimum atomic E-state index is -0.568. The van der Waals surface area contributed by atoms with E-state index in [0.717, 1.165) is 16.9 Å². The second-order valence-electron chi connectivity index (χ2n) is 16.2. The van der Waals surface area contributed by atoms with E-state index in [2.05, 4.69) is 218 Å². The van der Waals surface area contributed by atoms with Crippen LogP contribution >= 0.6 is 0 Å². The van der Waals surface area contributed by atoms with Crippen molar-refractivity contribution < 1.29 is 4.74 Å². The van der Waals surface area contributed by atoms with E-state index in [1.807, 2.05) is 0 Å². The topological polar surface area (TPSA) is 9.23 Å². The van der Waals surface area contributed by atoms with Gasteiger partial charge in [0.15, 0.2) is 0 Å². The van der Waals surface area contributed by atoms with Crippen molar-refractivity contribution in [3.05, 3.63) is 263 Å². The molecule has 0 radical (unpaired) electrons. The lowest BCUT2D eigenvalue weighted by Crippen LogP contribution is -2.32. The predicted octanol–water partition coefficient (Wildman–Crippen LogP) is 14.5. The number of benzene rings is 10. The Balaban J connectivity index is 1.14. The first kappa shape index (κ1) is 32.6. The molecule has 0 saturated heterocycles. The summed E-state index contributed by atoms with van der Waals surface area (Å²) in [5.74, 6) is 1.83. The van der Waals surface area contributed by atoms with E-state index in [9.17, 15) is 0 Å². The van der Waals surface area contributed by atoms with Gasteiger partial charge >= 0.3 is 0 Å². The molecule has 1 nitrogen and oxygen atoms in total. The maximum atomic E-state index is 7.10. The lowest BCUT2D eigenvalue weighted by Gasteiger charge is -2.40. The molecule has 1 spiro atoms. The number of rotatable bonds is 3. The highest BCUT2D eigenvalue weighted by Crippen LogP contribution is 2.64. The number of hydrogen-bond donors (Lipinski definition) is 0. The fourth-order valence-electron chi connectivity index (χ4n) is 11.4. The van der Waals surface area contributed by atoms with Gasteiger partial charge in [0, 0.05) is 16.5 Å². The summed E-state index contributed by atoms with van der Waals surface area (Å²) in [4.78, 5) is 0. The Morgan fingerprint density at radius 1 is 0.305 bits per heavy atom. The van der Waals surface area contributed by atoms with E-state index < -0.39 is 10.8 Å². The third kappa shape index (κ3) is 4.14. The van der Waals surface area contributed by atoms with E-state index in [4.69, 9.17) is 4.74 Å². The minimum absolute atomic E-state index is 0.555. The van der Waals surface area contributed by atoms with Gasteiger partial charge < -0.3 is 4.74 Å². The molecule has 0 bridgehead atoms. The SMILES string of the molecule is c1ccc(C2(c3cccc(-c4cc5c(c6ccccc46)Oc4ccccc4C54c5ccccc5-c5ccccc54)c3)c3ccccc3-c3ccc4ccccc4c32)cc1. The Labute approximate surface area is 343 Å². The molecule has 1 heteroatoms. The molecule has 10 aromatic rings. The quantitative estimate of drug-likeness (QED) is 0.175. The molecule has 1 unspecified atom stereocenters. The third-order valence-corrected chi connectivity index (χ3v) is 13.6. The van der Waals surface area contributed by atoms with E-state index >= 15 is 0 Å². The standard InChI is InChI=1S/C58H36O/c1-2-19-39(20-3-1)57(49-28-11-10-26-45(49)46-34-33-37-17-4-5-22-41(37)55(46)57)40-21-16-18-38(35-40)48-36-53-56(47-27-7-6-23-42(47)48)59-54-32-15-14-31-52(54)58(53)50-29-12-8-24-43(50)44-25-9-13-30-51(44)58/h1-36H. The molecule has 0 N–H and O–H groups in total. The van der Waals surface area contributed by atoms with Crippen LogP contribution in [0.4, 0.5) is 0 Å². The van der Waals surface area contributed by atoms with Crippen molar-refractivity contribution in [1.29, 1.82) is 0 Å². The van der Waals surface area contributed by atoms with Gasteiger partial charge in [-0.1, -0.05) is 200 Å². The maximum absolute atomic E-state index is 7.10. The first-order valence-corrected chi connectivity index (χ1v) is 20.6. The van der Waals surface area contributed by atoms with E-state index in [1.54, 1.807) is 0 Å². The van der Waals surface area contributed by atoms with Crippen molar-refractivity contribution in [2.24, 2.45) is 0 Å². The second-order valence-corrected chi connectivity index (χ2v) is 16.2. The lowest BCUT2D eigenvalue weighted by molar-refractivity contribution is 0.442. The summed E-state index contributed by atoms with van der Waals surface area (Å²) >= 11 is 0. The minimum Gasteiger partial charge on any atom is -0.456 e. The third-order valence-electron chi connectivity index (χ3n) is 13.6. The smallest absolute Gasteiger partial charge is 0.140 e. The first-order valence-electron chi connectivity index (χ1n) is 20.6. The average Bonchev–Trinajstić information content (AvgIpc) is 3.78. The van der Waals surface area contributed by atoms with Crippen molar-refractivity contribution in [3.63, 3.8) is 0 Å². The van der Waals surface area contributed by atoms with Crippen molar-refractivity contribution in [2.75, 3.05) is 0 Å². The summed E-state index contributed by atoms with van der Waals surface area (Å²) in [6.45, 7) is 0. The van der Waals surface area contributed by atoms with Crippen molar-refractivity contribution in [3.8, 4) is 44.9 Å². The Morgan fingerprint density at radius 2 is 0.864 bits per heavy atom. The fourth-order valence-corrected chi connectivity index (χ4v) is 11.4. The van der Waals surface area contributed by atoms with Crippen LogP contribution in [0, 0.1) is 0 Å². The monoisotopic (exact) mass is 748 g/mol. The average molecular weight is 749 g/mol. The summed E-state index contributed by atoms with van der Waals surface area (Å²) in [5.41, 5.74) is 16.5. The molecular formula is C58H36O. The molecule has 0 fully saturated rings. The van der Waals surface area contributed by atoms with Gasteiger partial charge in [0.25, 0.3) is 0 Å². The van der Waals surface area contributed by atoms with Gasteiger partial charge in [-0.3, -0.25) is 0 Å². The molecule has 0 saturated carbocycles. The second kappa shape index (κ2) is 12.0. The van der Waals surface area contributed by atoms with Crippen LogP contribution in [0.1, 0.15) is 44.5 Å². The summed E-state index contributed by atoms with van der Waals surface area (Å²) in [6, 6.07) is 81.1. The highest BCUT2D eigenvalue weighted by Gasteiger charge is 2.52. The fraction of sp³-hybridized carbons (Fsp3) is 0.0345. The molecule has 0 amide bonds. The number of ether oxygens (including phenoxy) is 1.